The first kappa shape index (κ1) is 10.4. The van der Waals surface area contributed by atoms with Crippen molar-refractivity contribution >= 4 is 5.91 Å². The minimum atomic E-state index is -2.93. The Morgan fingerprint density at radius 1 is 1.62 bits per heavy atom. The number of nitrogens with zero attached hydrogens (tertiary/aromatic N) is 1. The number of halogens is 2. The van der Waals surface area contributed by atoms with E-state index in [9.17, 15) is 18.7 Å². The van der Waals surface area contributed by atoms with Crippen molar-refractivity contribution in [2.75, 3.05) is 6.54 Å². The highest BCUT2D eigenvalue weighted by molar-refractivity contribution is 5.79. The number of piperidine rings is 1. The summed E-state index contributed by atoms with van der Waals surface area (Å²) < 4.78 is 24.1. The average molecular weight is 193 g/mol. The summed E-state index contributed by atoms with van der Waals surface area (Å²) in [6.07, 6.45) is -2.62. The molecule has 0 saturated carbocycles. The topological polar surface area (TPSA) is 40.5 Å². The third kappa shape index (κ3) is 2.37. The Kier molecular flexibility index (Phi) is 3.19. The highest BCUT2D eigenvalue weighted by Crippen LogP contribution is 2.18. The Hall–Kier alpha value is -0.710. The third-order valence-electron chi connectivity index (χ3n) is 2.32. The summed E-state index contributed by atoms with van der Waals surface area (Å²) in [6, 6.07) is -0.287. The molecule has 1 aliphatic rings. The van der Waals surface area contributed by atoms with E-state index >= 15 is 0 Å². The third-order valence-corrected chi connectivity index (χ3v) is 2.32. The monoisotopic (exact) mass is 193 g/mol. The maximum Gasteiger partial charge on any atom is 0.315 e. The van der Waals surface area contributed by atoms with E-state index in [2.05, 4.69) is 0 Å². The predicted molar refractivity (Wildman–Crippen MR) is 42.4 cm³/mol. The lowest BCUT2D eigenvalue weighted by Crippen LogP contribution is -2.48. The number of alkyl halides is 2. The van der Waals surface area contributed by atoms with Gasteiger partial charge in [0, 0.05) is 12.6 Å². The Morgan fingerprint density at radius 2 is 2.23 bits per heavy atom. The lowest BCUT2D eigenvalue weighted by Gasteiger charge is -2.35. The molecule has 13 heavy (non-hydrogen) atoms. The highest BCUT2D eigenvalue weighted by Gasteiger charge is 2.31. The molecule has 0 aromatic heterocycles. The van der Waals surface area contributed by atoms with Crippen molar-refractivity contribution < 1.29 is 18.7 Å². The van der Waals surface area contributed by atoms with Crippen LogP contribution in [0.3, 0.4) is 0 Å². The Morgan fingerprint density at radius 3 is 2.69 bits per heavy atom. The van der Waals surface area contributed by atoms with Gasteiger partial charge in [-0.2, -0.15) is 8.78 Å². The number of aliphatic hydroxyl groups is 1. The highest BCUT2D eigenvalue weighted by atomic mass is 19.3. The molecule has 5 heteroatoms. The van der Waals surface area contributed by atoms with Gasteiger partial charge in [0.1, 0.15) is 0 Å². The average Bonchev–Trinajstić information content (AvgIpc) is 2.03. The summed E-state index contributed by atoms with van der Waals surface area (Å²) in [4.78, 5) is 12.0. The van der Waals surface area contributed by atoms with Gasteiger partial charge in [0.2, 0.25) is 0 Å². The van der Waals surface area contributed by atoms with Crippen LogP contribution in [0, 0.1) is 0 Å². The molecule has 0 radical (unpaired) electrons. The van der Waals surface area contributed by atoms with Crippen molar-refractivity contribution in [1.82, 2.24) is 4.90 Å². The lowest BCUT2D eigenvalue weighted by atomic mass is 10.0. The summed E-state index contributed by atoms with van der Waals surface area (Å²) in [5.41, 5.74) is 0. The van der Waals surface area contributed by atoms with Crippen LogP contribution in [-0.2, 0) is 4.79 Å². The van der Waals surface area contributed by atoms with Crippen molar-refractivity contribution in [2.45, 2.75) is 38.3 Å². The first-order valence-electron chi connectivity index (χ1n) is 4.29. The molecule has 3 nitrogen and oxygen atoms in total. The molecule has 1 heterocycles. The fraction of sp³-hybridized carbons (Fsp3) is 0.875. The first-order valence-corrected chi connectivity index (χ1v) is 4.29. The van der Waals surface area contributed by atoms with Gasteiger partial charge in [-0.05, 0) is 19.8 Å². The Bertz CT molecular complexity index is 199. The van der Waals surface area contributed by atoms with Crippen molar-refractivity contribution in [1.29, 1.82) is 0 Å². The standard InChI is InChI=1S/C8H13F2NO2/c1-5-4-6(12)2-3-11(5)8(13)7(9)10/h5-7,12H,2-4H2,1H3. The second-order valence-corrected chi connectivity index (χ2v) is 3.36. The largest absolute Gasteiger partial charge is 0.393 e. The van der Waals surface area contributed by atoms with Crippen molar-refractivity contribution in [3.8, 4) is 0 Å². The molecule has 0 aromatic carbocycles. The van der Waals surface area contributed by atoms with Gasteiger partial charge in [0.05, 0.1) is 6.10 Å². The van der Waals surface area contributed by atoms with Crippen molar-refractivity contribution in [2.24, 2.45) is 0 Å². The number of amides is 1. The molecule has 1 aliphatic heterocycles. The second-order valence-electron chi connectivity index (χ2n) is 3.36. The van der Waals surface area contributed by atoms with Crippen LogP contribution in [0.15, 0.2) is 0 Å². The number of carbonyl (C=O) groups is 1. The Labute approximate surface area is 75.3 Å². The van der Waals surface area contributed by atoms with E-state index < -0.39 is 18.4 Å². The SMILES string of the molecule is CC1CC(O)CCN1C(=O)C(F)F. The van der Waals surface area contributed by atoms with Crippen molar-refractivity contribution in [3.63, 3.8) is 0 Å². The normalized spacial score (nSPS) is 29.5. The number of hydrogen-bond donors (Lipinski definition) is 1. The van der Waals surface area contributed by atoms with E-state index in [1.165, 1.54) is 0 Å². The van der Waals surface area contributed by atoms with Gasteiger partial charge in [-0.15, -0.1) is 0 Å². The molecule has 1 N–H and O–H groups in total. The van der Waals surface area contributed by atoms with Gasteiger partial charge >= 0.3 is 6.43 Å². The molecule has 1 rings (SSSR count). The van der Waals surface area contributed by atoms with Crippen LogP contribution in [0.5, 0.6) is 0 Å². The molecule has 0 aliphatic carbocycles. The zero-order chi connectivity index (χ0) is 10.0. The fourth-order valence-electron chi connectivity index (χ4n) is 1.60. The van der Waals surface area contributed by atoms with Gasteiger partial charge in [0.15, 0.2) is 0 Å². The molecule has 2 unspecified atom stereocenters. The smallest absolute Gasteiger partial charge is 0.315 e. The van der Waals surface area contributed by atoms with Gasteiger partial charge < -0.3 is 10.0 Å². The van der Waals surface area contributed by atoms with Crippen LogP contribution < -0.4 is 0 Å². The van der Waals surface area contributed by atoms with E-state index in [-0.39, 0.29) is 12.6 Å². The zero-order valence-corrected chi connectivity index (χ0v) is 7.41. The number of aliphatic hydroxyl groups excluding tert-OH is 1. The minimum Gasteiger partial charge on any atom is -0.393 e. The molecule has 0 spiro atoms. The molecule has 1 fully saturated rings. The summed E-state index contributed by atoms with van der Waals surface area (Å²) in [7, 11) is 0. The number of carbonyl (C=O) groups excluding carboxylic acids is 1. The predicted octanol–water partition coefficient (Wildman–Crippen LogP) is 0.623. The summed E-state index contributed by atoms with van der Waals surface area (Å²) in [5.74, 6) is -1.13. The van der Waals surface area contributed by atoms with Crippen LogP contribution in [0.2, 0.25) is 0 Å². The maximum absolute atomic E-state index is 12.0. The van der Waals surface area contributed by atoms with E-state index in [0.717, 1.165) is 4.90 Å². The molecule has 76 valence electrons. The van der Waals surface area contributed by atoms with E-state index in [0.29, 0.717) is 12.8 Å². The molecule has 2 atom stereocenters. The first-order chi connectivity index (χ1) is 6.02. The van der Waals surface area contributed by atoms with Gasteiger partial charge in [-0.1, -0.05) is 0 Å². The Balaban J connectivity index is 2.56. The van der Waals surface area contributed by atoms with E-state index in [4.69, 9.17) is 0 Å². The number of hydrogen-bond acceptors (Lipinski definition) is 2. The fourth-order valence-corrected chi connectivity index (χ4v) is 1.60. The van der Waals surface area contributed by atoms with E-state index in [1.54, 1.807) is 6.92 Å². The molecule has 0 aromatic rings. The quantitative estimate of drug-likeness (QED) is 0.663. The van der Waals surface area contributed by atoms with Crippen LogP contribution in [-0.4, -0.2) is 41.0 Å². The maximum atomic E-state index is 12.0. The number of rotatable bonds is 1. The second kappa shape index (κ2) is 4.00. The van der Waals surface area contributed by atoms with Gasteiger partial charge in [0.25, 0.3) is 5.91 Å². The summed E-state index contributed by atoms with van der Waals surface area (Å²) >= 11 is 0. The molecule has 1 saturated heterocycles. The van der Waals surface area contributed by atoms with Crippen LogP contribution in [0.4, 0.5) is 8.78 Å². The molecular formula is C8H13F2NO2. The van der Waals surface area contributed by atoms with Gasteiger partial charge in [-0.25, -0.2) is 0 Å². The summed E-state index contributed by atoms with van der Waals surface area (Å²) in [6.45, 7) is 1.90. The van der Waals surface area contributed by atoms with Crippen LogP contribution in [0.25, 0.3) is 0 Å². The van der Waals surface area contributed by atoms with E-state index in [1.807, 2.05) is 0 Å². The molecule has 0 bridgehead atoms. The lowest BCUT2D eigenvalue weighted by molar-refractivity contribution is -0.147. The summed E-state index contributed by atoms with van der Waals surface area (Å²) in [5, 5.41) is 9.19. The zero-order valence-electron chi connectivity index (χ0n) is 7.41. The van der Waals surface area contributed by atoms with Crippen LogP contribution >= 0.6 is 0 Å². The van der Waals surface area contributed by atoms with Crippen LogP contribution in [0.1, 0.15) is 19.8 Å². The number of likely N-dealkylation sites (tertiary alicyclic amines) is 1. The minimum absolute atomic E-state index is 0.228. The van der Waals surface area contributed by atoms with Crippen molar-refractivity contribution in [3.05, 3.63) is 0 Å². The molecular weight excluding hydrogens is 180 g/mol. The molecule has 1 amide bonds. The van der Waals surface area contributed by atoms with Gasteiger partial charge in [-0.3, -0.25) is 4.79 Å².